The van der Waals surface area contributed by atoms with Gasteiger partial charge in [-0.15, -0.1) is 0 Å². The summed E-state index contributed by atoms with van der Waals surface area (Å²) in [5.74, 6) is -0.0847. The number of rotatable bonds is 9. The summed E-state index contributed by atoms with van der Waals surface area (Å²) in [7, 11) is 0. The predicted molar refractivity (Wildman–Crippen MR) is 90.3 cm³/mol. The van der Waals surface area contributed by atoms with Crippen LogP contribution in [0, 0.1) is 5.82 Å². The molecule has 2 aromatic carbocycles. The summed E-state index contributed by atoms with van der Waals surface area (Å²) in [5.41, 5.74) is 1.13. The zero-order chi connectivity index (χ0) is 17.2. The molecule has 1 amide bonds. The minimum Gasteiger partial charge on any atom is -0.484 e. The minimum absolute atomic E-state index is 0.0312. The number of carbonyl (C=O) groups excluding carboxylic acids is 1. The molecule has 0 spiro atoms. The van der Waals surface area contributed by atoms with E-state index in [1.54, 1.807) is 0 Å². The Kier molecular flexibility index (Phi) is 7.23. The SMILES string of the molecule is CC(OCCCNC(=O)COc1ccc(F)cc1)c1ccccc1. The van der Waals surface area contributed by atoms with Gasteiger partial charge in [0, 0.05) is 13.2 Å². The summed E-state index contributed by atoms with van der Waals surface area (Å²) in [6, 6.07) is 15.5. The Bertz CT molecular complexity index is 616. The molecule has 24 heavy (non-hydrogen) atoms. The zero-order valence-corrected chi connectivity index (χ0v) is 13.7. The van der Waals surface area contributed by atoms with Crippen molar-refractivity contribution in [1.82, 2.24) is 5.32 Å². The van der Waals surface area contributed by atoms with Crippen LogP contribution in [-0.2, 0) is 9.53 Å². The van der Waals surface area contributed by atoms with Gasteiger partial charge in [-0.1, -0.05) is 30.3 Å². The molecule has 128 valence electrons. The van der Waals surface area contributed by atoms with Crippen LogP contribution in [0.25, 0.3) is 0 Å². The molecular formula is C19H22FNO3. The van der Waals surface area contributed by atoms with Crippen LogP contribution in [0.15, 0.2) is 54.6 Å². The number of hydrogen-bond acceptors (Lipinski definition) is 3. The number of carbonyl (C=O) groups is 1. The van der Waals surface area contributed by atoms with Gasteiger partial charge in [-0.25, -0.2) is 4.39 Å². The lowest BCUT2D eigenvalue weighted by molar-refractivity contribution is -0.123. The highest BCUT2D eigenvalue weighted by Crippen LogP contribution is 2.15. The fraction of sp³-hybridized carbons (Fsp3) is 0.316. The lowest BCUT2D eigenvalue weighted by Gasteiger charge is -2.13. The fourth-order valence-corrected chi connectivity index (χ4v) is 2.11. The maximum Gasteiger partial charge on any atom is 0.257 e. The molecule has 0 saturated carbocycles. The van der Waals surface area contributed by atoms with Crippen LogP contribution in [0.2, 0.25) is 0 Å². The molecule has 2 aromatic rings. The molecule has 0 saturated heterocycles. The van der Waals surface area contributed by atoms with E-state index in [1.807, 2.05) is 37.3 Å². The molecule has 1 unspecified atom stereocenters. The van der Waals surface area contributed by atoms with Gasteiger partial charge in [-0.05, 0) is 43.2 Å². The third kappa shape index (κ3) is 6.38. The fourth-order valence-electron chi connectivity index (χ4n) is 2.11. The molecule has 0 aliphatic heterocycles. The van der Waals surface area contributed by atoms with Crippen molar-refractivity contribution in [2.24, 2.45) is 0 Å². The van der Waals surface area contributed by atoms with Crippen molar-refractivity contribution in [3.05, 3.63) is 66.0 Å². The molecule has 2 rings (SSSR count). The smallest absolute Gasteiger partial charge is 0.257 e. The highest BCUT2D eigenvalue weighted by Gasteiger charge is 2.05. The highest BCUT2D eigenvalue weighted by atomic mass is 19.1. The third-order valence-electron chi connectivity index (χ3n) is 3.46. The minimum atomic E-state index is -0.337. The molecule has 0 radical (unpaired) electrons. The lowest BCUT2D eigenvalue weighted by atomic mass is 10.1. The van der Waals surface area contributed by atoms with E-state index in [9.17, 15) is 9.18 Å². The summed E-state index contributed by atoms with van der Waals surface area (Å²) < 4.78 is 23.7. The molecule has 0 bridgehead atoms. The van der Waals surface area contributed by atoms with Gasteiger partial charge >= 0.3 is 0 Å². The summed E-state index contributed by atoms with van der Waals surface area (Å²) in [6.07, 6.45) is 0.753. The Hall–Kier alpha value is -2.40. The second-order valence-corrected chi connectivity index (χ2v) is 5.37. The summed E-state index contributed by atoms with van der Waals surface area (Å²) >= 11 is 0. The van der Waals surface area contributed by atoms with Gasteiger partial charge in [-0.2, -0.15) is 0 Å². The molecule has 0 aliphatic carbocycles. The van der Waals surface area contributed by atoms with Crippen LogP contribution in [0.4, 0.5) is 4.39 Å². The largest absolute Gasteiger partial charge is 0.484 e. The monoisotopic (exact) mass is 331 g/mol. The zero-order valence-electron chi connectivity index (χ0n) is 13.7. The Morgan fingerprint density at radius 1 is 1.12 bits per heavy atom. The van der Waals surface area contributed by atoms with E-state index in [0.717, 1.165) is 12.0 Å². The van der Waals surface area contributed by atoms with Crippen molar-refractivity contribution < 1.29 is 18.7 Å². The van der Waals surface area contributed by atoms with Crippen LogP contribution in [0.1, 0.15) is 25.0 Å². The molecule has 5 heteroatoms. The van der Waals surface area contributed by atoms with Crippen LogP contribution >= 0.6 is 0 Å². The van der Waals surface area contributed by atoms with E-state index in [2.05, 4.69) is 5.32 Å². The second kappa shape index (κ2) is 9.67. The number of nitrogens with one attached hydrogen (secondary N) is 1. The molecule has 4 nitrogen and oxygen atoms in total. The third-order valence-corrected chi connectivity index (χ3v) is 3.46. The Morgan fingerprint density at radius 2 is 1.83 bits per heavy atom. The van der Waals surface area contributed by atoms with Gasteiger partial charge < -0.3 is 14.8 Å². The first-order valence-corrected chi connectivity index (χ1v) is 7.97. The van der Waals surface area contributed by atoms with E-state index >= 15 is 0 Å². The van der Waals surface area contributed by atoms with Gasteiger partial charge in [-0.3, -0.25) is 4.79 Å². The van der Waals surface area contributed by atoms with Crippen molar-refractivity contribution in [3.63, 3.8) is 0 Å². The first-order valence-electron chi connectivity index (χ1n) is 7.97. The summed E-state index contributed by atoms with van der Waals surface area (Å²) in [4.78, 5) is 11.7. The van der Waals surface area contributed by atoms with Crippen molar-refractivity contribution in [2.45, 2.75) is 19.4 Å². The lowest BCUT2D eigenvalue weighted by Crippen LogP contribution is -2.30. The molecule has 0 heterocycles. The predicted octanol–water partition coefficient (Wildman–Crippen LogP) is 3.49. The van der Waals surface area contributed by atoms with Crippen LogP contribution in [0.5, 0.6) is 5.75 Å². The maximum atomic E-state index is 12.7. The first-order chi connectivity index (χ1) is 11.6. The number of halogens is 1. The molecule has 1 atom stereocenters. The number of ether oxygens (including phenoxy) is 2. The van der Waals surface area contributed by atoms with Crippen LogP contribution < -0.4 is 10.1 Å². The molecule has 0 fully saturated rings. The highest BCUT2D eigenvalue weighted by molar-refractivity contribution is 5.77. The van der Waals surface area contributed by atoms with E-state index < -0.39 is 0 Å². The topological polar surface area (TPSA) is 47.6 Å². The molecule has 1 N–H and O–H groups in total. The maximum absolute atomic E-state index is 12.7. The average Bonchev–Trinajstić information content (AvgIpc) is 2.61. The standard InChI is InChI=1S/C19H22FNO3/c1-15(16-6-3-2-4-7-16)23-13-5-12-21-19(22)14-24-18-10-8-17(20)9-11-18/h2-4,6-11,15H,5,12-14H2,1H3,(H,21,22). The Labute approximate surface area is 141 Å². The molecular weight excluding hydrogens is 309 g/mol. The van der Waals surface area contributed by atoms with Gasteiger partial charge in [0.25, 0.3) is 5.91 Å². The normalized spacial score (nSPS) is 11.8. The van der Waals surface area contributed by atoms with Crippen molar-refractivity contribution in [2.75, 3.05) is 19.8 Å². The number of hydrogen-bond donors (Lipinski definition) is 1. The first kappa shape index (κ1) is 17.9. The van der Waals surface area contributed by atoms with Gasteiger partial charge in [0.1, 0.15) is 11.6 Å². The van der Waals surface area contributed by atoms with Gasteiger partial charge in [0.05, 0.1) is 6.10 Å². The summed E-state index contributed by atoms with van der Waals surface area (Å²) in [6.45, 7) is 3.00. The van der Waals surface area contributed by atoms with Crippen molar-refractivity contribution in [1.29, 1.82) is 0 Å². The van der Waals surface area contributed by atoms with E-state index in [4.69, 9.17) is 9.47 Å². The molecule has 0 aliphatic rings. The van der Waals surface area contributed by atoms with E-state index in [0.29, 0.717) is 18.9 Å². The van der Waals surface area contributed by atoms with Crippen LogP contribution in [-0.4, -0.2) is 25.7 Å². The van der Waals surface area contributed by atoms with E-state index in [1.165, 1.54) is 24.3 Å². The van der Waals surface area contributed by atoms with E-state index in [-0.39, 0.29) is 24.4 Å². The van der Waals surface area contributed by atoms with Gasteiger partial charge in [0.2, 0.25) is 0 Å². The van der Waals surface area contributed by atoms with Crippen LogP contribution in [0.3, 0.4) is 0 Å². The number of benzene rings is 2. The molecule has 0 aromatic heterocycles. The quantitative estimate of drug-likeness (QED) is 0.716. The average molecular weight is 331 g/mol. The van der Waals surface area contributed by atoms with Crippen molar-refractivity contribution >= 4 is 5.91 Å². The number of amides is 1. The summed E-state index contributed by atoms with van der Waals surface area (Å²) in [5, 5.41) is 2.76. The van der Waals surface area contributed by atoms with Gasteiger partial charge in [0.15, 0.2) is 6.61 Å². The Balaban J connectivity index is 1.55. The Morgan fingerprint density at radius 3 is 2.54 bits per heavy atom. The van der Waals surface area contributed by atoms with Crippen molar-refractivity contribution in [3.8, 4) is 5.75 Å². The second-order valence-electron chi connectivity index (χ2n) is 5.37.